The van der Waals surface area contributed by atoms with Gasteiger partial charge in [-0.05, 0) is 18.6 Å². The number of thiophene rings is 1. The maximum Gasteiger partial charge on any atom is 0.220 e. The molecule has 0 bridgehead atoms. The van der Waals surface area contributed by atoms with Crippen molar-refractivity contribution in [3.05, 3.63) is 30.4 Å². The molecule has 2 N–H and O–H groups in total. The largest absolute Gasteiger partial charge is 0.368 e. The van der Waals surface area contributed by atoms with Gasteiger partial charge in [-0.1, -0.05) is 0 Å². The molecular weight excluding hydrogens is 234 g/mol. The number of anilines is 1. The van der Waals surface area contributed by atoms with Crippen LogP contribution in [0.15, 0.2) is 24.8 Å². The van der Waals surface area contributed by atoms with Gasteiger partial charge in [-0.2, -0.15) is 0 Å². The average molecular weight is 243 g/mol. The number of hydrogen-bond donors (Lipinski definition) is 1. The van der Waals surface area contributed by atoms with Gasteiger partial charge in [0.25, 0.3) is 0 Å². The summed E-state index contributed by atoms with van der Waals surface area (Å²) in [6.07, 6.45) is 5.03. The van der Waals surface area contributed by atoms with Gasteiger partial charge in [-0.15, -0.1) is 11.3 Å². The van der Waals surface area contributed by atoms with Crippen molar-refractivity contribution < 1.29 is 0 Å². The fourth-order valence-electron chi connectivity index (χ4n) is 1.71. The minimum atomic E-state index is 0.283. The van der Waals surface area contributed by atoms with Crippen molar-refractivity contribution in [2.24, 2.45) is 0 Å². The molecule has 3 aromatic rings. The third-order valence-electron chi connectivity index (χ3n) is 2.49. The Labute approximate surface area is 101 Å². The number of hydrogen-bond acceptors (Lipinski definition) is 6. The van der Waals surface area contributed by atoms with Gasteiger partial charge in [0, 0.05) is 12.4 Å². The van der Waals surface area contributed by atoms with E-state index in [0.29, 0.717) is 0 Å². The van der Waals surface area contributed by atoms with Crippen molar-refractivity contribution in [2.45, 2.75) is 6.92 Å². The Hall–Kier alpha value is -2.08. The van der Waals surface area contributed by atoms with Crippen LogP contribution in [0.1, 0.15) is 5.56 Å². The molecule has 0 radical (unpaired) electrons. The first-order chi connectivity index (χ1) is 8.25. The summed E-state index contributed by atoms with van der Waals surface area (Å²) in [5, 5.41) is 0. The van der Waals surface area contributed by atoms with E-state index in [1.807, 2.05) is 19.2 Å². The number of aromatic nitrogens is 4. The van der Waals surface area contributed by atoms with E-state index < -0.39 is 0 Å². The molecule has 0 amide bonds. The van der Waals surface area contributed by atoms with E-state index >= 15 is 0 Å². The van der Waals surface area contributed by atoms with E-state index in [0.717, 1.165) is 26.4 Å². The minimum Gasteiger partial charge on any atom is -0.368 e. The SMILES string of the molecule is Cc1c(-c2ccnc(N)n2)sc2cncnc12. The minimum absolute atomic E-state index is 0.283. The fraction of sp³-hybridized carbons (Fsp3) is 0.0909. The van der Waals surface area contributed by atoms with Crippen LogP contribution in [0.4, 0.5) is 5.95 Å². The van der Waals surface area contributed by atoms with E-state index in [2.05, 4.69) is 19.9 Å². The van der Waals surface area contributed by atoms with Gasteiger partial charge in [0.05, 0.1) is 20.8 Å². The fourth-order valence-corrected chi connectivity index (χ4v) is 2.82. The molecule has 0 unspecified atom stereocenters. The second kappa shape index (κ2) is 3.74. The third-order valence-corrected chi connectivity index (χ3v) is 3.73. The second-order valence-corrected chi connectivity index (χ2v) is 4.64. The topological polar surface area (TPSA) is 77.6 Å². The van der Waals surface area contributed by atoms with Gasteiger partial charge >= 0.3 is 0 Å². The highest BCUT2D eigenvalue weighted by atomic mass is 32.1. The van der Waals surface area contributed by atoms with Gasteiger partial charge in [0.2, 0.25) is 5.95 Å². The zero-order valence-corrected chi connectivity index (χ0v) is 9.90. The predicted molar refractivity (Wildman–Crippen MR) is 67.6 cm³/mol. The third kappa shape index (κ3) is 1.62. The van der Waals surface area contributed by atoms with Crippen molar-refractivity contribution in [1.29, 1.82) is 0 Å². The maximum atomic E-state index is 5.59. The van der Waals surface area contributed by atoms with Gasteiger partial charge in [-0.25, -0.2) is 19.9 Å². The smallest absolute Gasteiger partial charge is 0.220 e. The van der Waals surface area contributed by atoms with Crippen LogP contribution < -0.4 is 5.73 Å². The van der Waals surface area contributed by atoms with Crippen molar-refractivity contribution >= 4 is 27.5 Å². The molecule has 3 aromatic heterocycles. The molecule has 0 saturated heterocycles. The summed E-state index contributed by atoms with van der Waals surface area (Å²) in [6.45, 7) is 2.03. The number of nitrogen functional groups attached to an aromatic ring is 1. The molecule has 3 rings (SSSR count). The average Bonchev–Trinajstić information content (AvgIpc) is 2.68. The highest BCUT2D eigenvalue weighted by Gasteiger charge is 2.12. The van der Waals surface area contributed by atoms with E-state index in [-0.39, 0.29) is 5.95 Å². The Balaban J connectivity index is 2.27. The molecule has 17 heavy (non-hydrogen) atoms. The van der Waals surface area contributed by atoms with Crippen LogP contribution in [-0.4, -0.2) is 19.9 Å². The molecular formula is C11H9N5S. The summed E-state index contributed by atoms with van der Waals surface area (Å²) in [6, 6.07) is 1.85. The lowest BCUT2D eigenvalue weighted by Crippen LogP contribution is -1.94. The molecule has 3 heterocycles. The monoisotopic (exact) mass is 243 g/mol. The first-order valence-corrected chi connectivity index (χ1v) is 5.85. The zero-order chi connectivity index (χ0) is 11.8. The molecule has 6 heteroatoms. The quantitative estimate of drug-likeness (QED) is 0.707. The number of nitrogens with two attached hydrogens (primary N) is 1. The molecule has 0 aliphatic carbocycles. The summed E-state index contributed by atoms with van der Waals surface area (Å²) in [5.74, 6) is 0.283. The molecule has 0 aromatic carbocycles. The summed E-state index contributed by atoms with van der Waals surface area (Å²) in [7, 11) is 0. The van der Waals surface area contributed by atoms with Crippen molar-refractivity contribution in [1.82, 2.24) is 19.9 Å². The van der Waals surface area contributed by atoms with Crippen LogP contribution in [-0.2, 0) is 0 Å². The summed E-state index contributed by atoms with van der Waals surface area (Å²) < 4.78 is 1.05. The van der Waals surface area contributed by atoms with E-state index in [1.54, 1.807) is 23.9 Å². The lowest BCUT2D eigenvalue weighted by Gasteiger charge is -1.98. The van der Waals surface area contributed by atoms with Gasteiger partial charge in [-0.3, -0.25) is 0 Å². The summed E-state index contributed by atoms with van der Waals surface area (Å²) in [5.41, 5.74) is 8.50. The van der Waals surface area contributed by atoms with E-state index in [4.69, 9.17) is 5.73 Å². The van der Waals surface area contributed by atoms with Crippen LogP contribution in [0.5, 0.6) is 0 Å². The molecule has 0 atom stereocenters. The Bertz CT molecular complexity index is 691. The number of nitrogens with zero attached hydrogens (tertiary/aromatic N) is 4. The summed E-state index contributed by atoms with van der Waals surface area (Å²) in [4.78, 5) is 17.5. The molecule has 0 saturated carbocycles. The Kier molecular flexibility index (Phi) is 2.22. The second-order valence-electron chi connectivity index (χ2n) is 3.59. The van der Waals surface area contributed by atoms with E-state index in [1.165, 1.54) is 0 Å². The van der Waals surface area contributed by atoms with E-state index in [9.17, 15) is 0 Å². The standard InChI is InChI=1S/C11H9N5S/c1-6-9-8(4-13-5-15-9)17-10(6)7-2-3-14-11(12)16-7/h2-5H,1H3,(H2,12,14,16). The number of rotatable bonds is 1. The van der Waals surface area contributed by atoms with Crippen LogP contribution in [0, 0.1) is 6.92 Å². The lowest BCUT2D eigenvalue weighted by atomic mass is 10.2. The zero-order valence-electron chi connectivity index (χ0n) is 9.08. The molecule has 0 fully saturated rings. The Morgan fingerprint density at radius 2 is 2.18 bits per heavy atom. The highest BCUT2D eigenvalue weighted by molar-refractivity contribution is 7.22. The summed E-state index contributed by atoms with van der Waals surface area (Å²) >= 11 is 1.61. The molecule has 0 spiro atoms. The molecule has 0 aliphatic rings. The number of fused-ring (bicyclic) bond motifs is 1. The Morgan fingerprint density at radius 1 is 1.29 bits per heavy atom. The van der Waals surface area contributed by atoms with Gasteiger partial charge in [0.15, 0.2) is 0 Å². The van der Waals surface area contributed by atoms with Crippen LogP contribution in [0.3, 0.4) is 0 Å². The van der Waals surface area contributed by atoms with Crippen molar-refractivity contribution in [3.8, 4) is 10.6 Å². The lowest BCUT2D eigenvalue weighted by molar-refractivity contribution is 1.19. The predicted octanol–water partition coefficient (Wildman–Crippen LogP) is 2.04. The van der Waals surface area contributed by atoms with Crippen molar-refractivity contribution in [2.75, 3.05) is 5.73 Å². The van der Waals surface area contributed by atoms with Crippen molar-refractivity contribution in [3.63, 3.8) is 0 Å². The molecule has 84 valence electrons. The van der Waals surface area contributed by atoms with Gasteiger partial charge < -0.3 is 5.73 Å². The first kappa shape index (κ1) is 10.1. The van der Waals surface area contributed by atoms with Crippen LogP contribution >= 0.6 is 11.3 Å². The molecule has 0 aliphatic heterocycles. The maximum absolute atomic E-state index is 5.59. The normalized spacial score (nSPS) is 10.9. The Morgan fingerprint density at radius 3 is 2.94 bits per heavy atom. The van der Waals surface area contributed by atoms with Crippen LogP contribution in [0.25, 0.3) is 20.8 Å². The molecule has 5 nitrogen and oxygen atoms in total. The highest BCUT2D eigenvalue weighted by Crippen LogP contribution is 2.35. The van der Waals surface area contributed by atoms with Gasteiger partial charge in [0.1, 0.15) is 6.33 Å². The first-order valence-electron chi connectivity index (χ1n) is 5.03. The van der Waals surface area contributed by atoms with Crippen LogP contribution in [0.2, 0.25) is 0 Å². The number of aryl methyl sites for hydroxylation is 1.